The van der Waals surface area contributed by atoms with Gasteiger partial charge < -0.3 is 4.74 Å². The van der Waals surface area contributed by atoms with Gasteiger partial charge in [-0.1, -0.05) is 45.0 Å². The SMILES string of the molecule is CC(C)c1cccc(CN(C)C(C)C)c1.CCCOC=O. The first-order chi connectivity index (χ1) is 9.92. The van der Waals surface area contributed by atoms with Gasteiger partial charge in [0.2, 0.25) is 0 Å². The Kier molecular flexibility index (Phi) is 10.6. The highest BCUT2D eigenvalue weighted by Crippen LogP contribution is 2.16. The van der Waals surface area contributed by atoms with Gasteiger partial charge in [-0.25, -0.2) is 0 Å². The maximum atomic E-state index is 9.34. The molecule has 21 heavy (non-hydrogen) atoms. The molecular formula is C18H31NO2. The van der Waals surface area contributed by atoms with Crippen LogP contribution < -0.4 is 0 Å². The molecule has 0 saturated carbocycles. The van der Waals surface area contributed by atoms with Gasteiger partial charge in [-0.05, 0) is 44.4 Å². The van der Waals surface area contributed by atoms with Gasteiger partial charge in [0.1, 0.15) is 0 Å². The van der Waals surface area contributed by atoms with Crippen molar-refractivity contribution < 1.29 is 9.53 Å². The number of carbonyl (C=O) groups excluding carboxylic acids is 1. The summed E-state index contributed by atoms with van der Waals surface area (Å²) in [5, 5.41) is 0. The Balaban J connectivity index is 0.000000567. The van der Waals surface area contributed by atoms with Crippen LogP contribution in [-0.2, 0) is 16.1 Å². The van der Waals surface area contributed by atoms with Gasteiger partial charge in [-0.3, -0.25) is 9.69 Å². The molecule has 0 atom stereocenters. The van der Waals surface area contributed by atoms with Crippen molar-refractivity contribution in [3.05, 3.63) is 35.4 Å². The molecule has 1 rings (SSSR count). The number of rotatable bonds is 7. The lowest BCUT2D eigenvalue weighted by atomic mass is 10.0. The minimum atomic E-state index is 0.462. The third-order valence-corrected chi connectivity index (χ3v) is 3.32. The van der Waals surface area contributed by atoms with E-state index in [0.29, 0.717) is 25.0 Å². The summed E-state index contributed by atoms with van der Waals surface area (Å²) in [6.07, 6.45) is 0.902. The summed E-state index contributed by atoms with van der Waals surface area (Å²) in [6, 6.07) is 9.52. The van der Waals surface area contributed by atoms with Gasteiger partial charge in [-0.2, -0.15) is 0 Å². The molecule has 0 fully saturated rings. The highest BCUT2D eigenvalue weighted by atomic mass is 16.5. The molecule has 3 heteroatoms. The van der Waals surface area contributed by atoms with Crippen LogP contribution in [-0.4, -0.2) is 31.1 Å². The Bertz CT molecular complexity index is 389. The van der Waals surface area contributed by atoms with Crippen LogP contribution in [0.2, 0.25) is 0 Å². The molecule has 0 N–H and O–H groups in total. The normalized spacial score (nSPS) is 10.5. The number of carbonyl (C=O) groups is 1. The molecule has 1 aromatic carbocycles. The molecular weight excluding hydrogens is 262 g/mol. The Morgan fingerprint density at radius 2 is 1.90 bits per heavy atom. The molecule has 0 aliphatic heterocycles. The summed E-state index contributed by atoms with van der Waals surface area (Å²) in [7, 11) is 2.17. The second-order valence-corrected chi connectivity index (χ2v) is 5.88. The Morgan fingerprint density at radius 3 is 2.33 bits per heavy atom. The summed E-state index contributed by atoms with van der Waals surface area (Å²) in [5.41, 5.74) is 2.85. The summed E-state index contributed by atoms with van der Waals surface area (Å²) in [4.78, 5) is 11.7. The third kappa shape index (κ3) is 9.24. The van der Waals surface area contributed by atoms with Gasteiger partial charge in [0, 0.05) is 12.6 Å². The molecule has 1 aromatic rings. The van der Waals surface area contributed by atoms with Crippen LogP contribution in [0.3, 0.4) is 0 Å². The van der Waals surface area contributed by atoms with Gasteiger partial charge in [0.05, 0.1) is 6.61 Å². The first kappa shape index (κ1) is 19.7. The van der Waals surface area contributed by atoms with Crippen LogP contribution >= 0.6 is 0 Å². The van der Waals surface area contributed by atoms with Gasteiger partial charge in [0.15, 0.2) is 0 Å². The minimum Gasteiger partial charge on any atom is -0.468 e. The zero-order valence-corrected chi connectivity index (χ0v) is 14.4. The average Bonchev–Trinajstić information content (AvgIpc) is 2.45. The van der Waals surface area contributed by atoms with Crippen molar-refractivity contribution in [1.82, 2.24) is 4.90 Å². The number of ether oxygens (including phenoxy) is 1. The first-order valence-electron chi connectivity index (χ1n) is 7.76. The third-order valence-electron chi connectivity index (χ3n) is 3.32. The molecule has 0 spiro atoms. The quantitative estimate of drug-likeness (QED) is 0.557. The monoisotopic (exact) mass is 293 g/mol. The highest BCUT2D eigenvalue weighted by molar-refractivity contribution is 5.36. The lowest BCUT2D eigenvalue weighted by Crippen LogP contribution is -2.25. The smallest absolute Gasteiger partial charge is 0.293 e. The van der Waals surface area contributed by atoms with Gasteiger partial charge >= 0.3 is 0 Å². The molecule has 0 amide bonds. The van der Waals surface area contributed by atoms with Crippen LogP contribution in [0.25, 0.3) is 0 Å². The van der Waals surface area contributed by atoms with E-state index in [-0.39, 0.29) is 0 Å². The summed E-state index contributed by atoms with van der Waals surface area (Å²) in [6.45, 7) is 12.9. The van der Waals surface area contributed by atoms with Gasteiger partial charge in [0.25, 0.3) is 6.47 Å². The molecule has 0 aromatic heterocycles. The fourth-order valence-corrected chi connectivity index (χ4v) is 1.69. The van der Waals surface area contributed by atoms with E-state index in [9.17, 15) is 4.79 Å². The van der Waals surface area contributed by atoms with Crippen LogP contribution in [0.1, 0.15) is 58.1 Å². The highest BCUT2D eigenvalue weighted by Gasteiger charge is 2.05. The fraction of sp³-hybridized carbons (Fsp3) is 0.611. The predicted molar refractivity (Wildman–Crippen MR) is 89.4 cm³/mol. The van der Waals surface area contributed by atoms with Crippen LogP contribution in [0, 0.1) is 0 Å². The van der Waals surface area contributed by atoms with E-state index in [1.54, 1.807) is 0 Å². The maximum absolute atomic E-state index is 9.34. The average molecular weight is 293 g/mol. The van der Waals surface area contributed by atoms with Crippen LogP contribution in [0.4, 0.5) is 0 Å². The largest absolute Gasteiger partial charge is 0.468 e. The number of benzene rings is 1. The molecule has 0 radical (unpaired) electrons. The zero-order valence-electron chi connectivity index (χ0n) is 14.4. The van der Waals surface area contributed by atoms with Gasteiger partial charge in [-0.15, -0.1) is 0 Å². The van der Waals surface area contributed by atoms with Crippen molar-refractivity contribution in [3.8, 4) is 0 Å². The van der Waals surface area contributed by atoms with E-state index >= 15 is 0 Å². The molecule has 0 unspecified atom stereocenters. The van der Waals surface area contributed by atoms with E-state index in [1.165, 1.54) is 11.1 Å². The molecule has 3 nitrogen and oxygen atoms in total. The summed E-state index contributed by atoms with van der Waals surface area (Å²) >= 11 is 0. The topological polar surface area (TPSA) is 29.5 Å². The van der Waals surface area contributed by atoms with E-state index in [0.717, 1.165) is 13.0 Å². The number of hydrogen-bond acceptors (Lipinski definition) is 3. The van der Waals surface area contributed by atoms with Crippen LogP contribution in [0.15, 0.2) is 24.3 Å². The van der Waals surface area contributed by atoms with Crippen molar-refractivity contribution in [3.63, 3.8) is 0 Å². The van der Waals surface area contributed by atoms with E-state index in [1.807, 2.05) is 6.92 Å². The molecule has 120 valence electrons. The predicted octanol–water partition coefficient (Wildman–Crippen LogP) is 4.22. The Morgan fingerprint density at radius 1 is 1.24 bits per heavy atom. The lowest BCUT2D eigenvalue weighted by molar-refractivity contribution is -0.128. The molecule has 0 aliphatic carbocycles. The minimum absolute atomic E-state index is 0.462. The summed E-state index contributed by atoms with van der Waals surface area (Å²) in [5.74, 6) is 0.620. The van der Waals surface area contributed by atoms with Crippen molar-refractivity contribution in [2.75, 3.05) is 13.7 Å². The number of hydrogen-bond donors (Lipinski definition) is 0. The molecule has 0 aliphatic rings. The van der Waals surface area contributed by atoms with Crippen molar-refractivity contribution >= 4 is 6.47 Å². The van der Waals surface area contributed by atoms with Crippen molar-refractivity contribution in [2.45, 2.75) is 59.5 Å². The Hall–Kier alpha value is -1.35. The maximum Gasteiger partial charge on any atom is 0.293 e. The fourth-order valence-electron chi connectivity index (χ4n) is 1.69. The van der Waals surface area contributed by atoms with E-state index in [2.05, 4.69) is 68.6 Å². The molecule has 0 saturated heterocycles. The molecule has 0 heterocycles. The van der Waals surface area contributed by atoms with Crippen molar-refractivity contribution in [2.24, 2.45) is 0 Å². The standard InChI is InChI=1S/C14H23N.C4H8O2/c1-11(2)14-8-6-7-13(9-14)10-15(5)12(3)4;1-2-3-6-4-5/h6-9,11-12H,10H2,1-5H3;4H,2-3H2,1H3. The summed E-state index contributed by atoms with van der Waals surface area (Å²) < 4.78 is 4.30. The van der Waals surface area contributed by atoms with E-state index in [4.69, 9.17) is 0 Å². The number of nitrogens with zero attached hydrogens (tertiary/aromatic N) is 1. The second kappa shape index (κ2) is 11.3. The zero-order chi connectivity index (χ0) is 16.3. The van der Waals surface area contributed by atoms with Crippen molar-refractivity contribution in [1.29, 1.82) is 0 Å². The lowest BCUT2D eigenvalue weighted by Gasteiger charge is -2.21. The second-order valence-electron chi connectivity index (χ2n) is 5.88. The van der Waals surface area contributed by atoms with E-state index < -0.39 is 0 Å². The van der Waals surface area contributed by atoms with Crippen LogP contribution in [0.5, 0.6) is 0 Å². The Labute approximate surface area is 130 Å². The molecule has 0 bridgehead atoms. The first-order valence-corrected chi connectivity index (χ1v) is 7.76.